The summed E-state index contributed by atoms with van der Waals surface area (Å²) < 4.78 is 0. The number of hydrogen-bond donors (Lipinski definition) is 3. The Kier molecular flexibility index (Phi) is 3.91. The Morgan fingerprint density at radius 2 is 2.50 bits per heavy atom. The molecule has 14 heavy (non-hydrogen) atoms. The molecule has 6 heteroatoms. The quantitative estimate of drug-likeness (QED) is 0.619. The Balaban J connectivity index is 2.40. The maximum absolute atomic E-state index is 9.74. The number of nitrogens with one attached hydrogen (secondary N) is 1. The van der Waals surface area contributed by atoms with Gasteiger partial charge in [-0.3, -0.25) is 5.10 Å². The van der Waals surface area contributed by atoms with Gasteiger partial charge in [0.1, 0.15) is 6.33 Å². The SMILES string of the molecule is CC(CC(C)(O)CN)Sc1ncn[nH]1. The molecule has 80 valence electrons. The third kappa shape index (κ3) is 3.65. The van der Waals surface area contributed by atoms with Crippen LogP contribution in [0.2, 0.25) is 0 Å². The Labute approximate surface area is 87.5 Å². The highest BCUT2D eigenvalue weighted by atomic mass is 32.2. The lowest BCUT2D eigenvalue weighted by atomic mass is 10.0. The fourth-order valence-corrected chi connectivity index (χ4v) is 2.22. The highest BCUT2D eigenvalue weighted by molar-refractivity contribution is 7.99. The molecule has 0 radical (unpaired) electrons. The zero-order valence-electron chi connectivity index (χ0n) is 8.40. The lowest BCUT2D eigenvalue weighted by Crippen LogP contribution is -2.36. The molecule has 2 atom stereocenters. The molecule has 1 heterocycles. The largest absolute Gasteiger partial charge is 0.389 e. The van der Waals surface area contributed by atoms with Crippen LogP contribution in [0, 0.1) is 0 Å². The number of aliphatic hydroxyl groups is 1. The first-order valence-electron chi connectivity index (χ1n) is 4.48. The number of hydrogen-bond acceptors (Lipinski definition) is 5. The second-order valence-corrected chi connectivity index (χ2v) is 5.05. The molecular weight excluding hydrogens is 200 g/mol. The van der Waals surface area contributed by atoms with E-state index in [2.05, 4.69) is 15.2 Å². The van der Waals surface area contributed by atoms with Crippen molar-refractivity contribution in [3.63, 3.8) is 0 Å². The van der Waals surface area contributed by atoms with Crippen LogP contribution in [0.4, 0.5) is 0 Å². The molecule has 0 aliphatic heterocycles. The Morgan fingerprint density at radius 1 is 1.79 bits per heavy atom. The van der Waals surface area contributed by atoms with Crippen molar-refractivity contribution in [3.8, 4) is 0 Å². The minimum atomic E-state index is -0.799. The summed E-state index contributed by atoms with van der Waals surface area (Å²) in [5, 5.41) is 17.3. The zero-order valence-corrected chi connectivity index (χ0v) is 9.21. The molecule has 1 aromatic heterocycles. The summed E-state index contributed by atoms with van der Waals surface area (Å²) in [6.45, 7) is 4.04. The van der Waals surface area contributed by atoms with Crippen molar-refractivity contribution in [2.75, 3.05) is 6.54 Å². The number of H-pyrrole nitrogens is 1. The number of aromatic nitrogens is 3. The molecule has 0 spiro atoms. The van der Waals surface area contributed by atoms with Gasteiger partial charge in [-0.15, -0.1) is 0 Å². The van der Waals surface area contributed by atoms with Crippen molar-refractivity contribution in [2.45, 2.75) is 36.3 Å². The van der Waals surface area contributed by atoms with Gasteiger partial charge in [0.25, 0.3) is 0 Å². The van der Waals surface area contributed by atoms with Gasteiger partial charge in [0.2, 0.25) is 0 Å². The number of aromatic amines is 1. The van der Waals surface area contributed by atoms with Crippen molar-refractivity contribution in [2.24, 2.45) is 5.73 Å². The van der Waals surface area contributed by atoms with Gasteiger partial charge in [0.15, 0.2) is 5.16 Å². The predicted molar refractivity (Wildman–Crippen MR) is 56.0 cm³/mol. The molecule has 4 N–H and O–H groups in total. The van der Waals surface area contributed by atoms with Crippen molar-refractivity contribution in [1.82, 2.24) is 15.2 Å². The highest BCUT2D eigenvalue weighted by Gasteiger charge is 2.22. The summed E-state index contributed by atoms with van der Waals surface area (Å²) in [5.74, 6) is 0. The molecule has 1 aromatic rings. The van der Waals surface area contributed by atoms with Gasteiger partial charge in [-0.1, -0.05) is 18.7 Å². The first-order chi connectivity index (χ1) is 6.53. The number of nitrogens with zero attached hydrogens (tertiary/aromatic N) is 2. The van der Waals surface area contributed by atoms with Crippen LogP contribution in [-0.4, -0.2) is 37.7 Å². The van der Waals surface area contributed by atoms with Gasteiger partial charge >= 0.3 is 0 Å². The standard InChI is InChI=1S/C8H16N4OS/c1-6(3-8(2,13)4-9)14-7-10-5-11-12-7/h5-6,13H,3-4,9H2,1-2H3,(H,10,11,12). The molecular formula is C8H16N4OS. The molecule has 0 aromatic carbocycles. The van der Waals surface area contributed by atoms with Crippen molar-refractivity contribution in [1.29, 1.82) is 0 Å². The summed E-state index contributed by atoms with van der Waals surface area (Å²) in [5.41, 5.74) is 4.63. The maximum Gasteiger partial charge on any atom is 0.183 e. The molecule has 0 fully saturated rings. The van der Waals surface area contributed by atoms with E-state index < -0.39 is 5.60 Å². The van der Waals surface area contributed by atoms with E-state index in [1.807, 2.05) is 6.92 Å². The third-order valence-corrected chi connectivity index (χ3v) is 2.86. The topological polar surface area (TPSA) is 87.8 Å². The van der Waals surface area contributed by atoms with E-state index in [0.717, 1.165) is 5.16 Å². The van der Waals surface area contributed by atoms with E-state index >= 15 is 0 Å². The molecule has 0 amide bonds. The van der Waals surface area contributed by atoms with Crippen molar-refractivity contribution >= 4 is 11.8 Å². The molecule has 0 saturated heterocycles. The van der Waals surface area contributed by atoms with E-state index in [1.54, 1.807) is 18.7 Å². The van der Waals surface area contributed by atoms with E-state index in [1.165, 1.54) is 6.33 Å². The van der Waals surface area contributed by atoms with Gasteiger partial charge in [-0.2, -0.15) is 5.10 Å². The van der Waals surface area contributed by atoms with Crippen LogP contribution in [0.1, 0.15) is 20.3 Å². The van der Waals surface area contributed by atoms with Gasteiger partial charge in [-0.05, 0) is 13.3 Å². The summed E-state index contributed by atoms with van der Waals surface area (Å²) in [6.07, 6.45) is 2.10. The Bertz CT molecular complexity index is 262. The summed E-state index contributed by atoms with van der Waals surface area (Å²) in [7, 11) is 0. The number of rotatable bonds is 5. The van der Waals surface area contributed by atoms with Crippen LogP contribution in [0.15, 0.2) is 11.5 Å². The second-order valence-electron chi connectivity index (χ2n) is 3.62. The Morgan fingerprint density at radius 3 is 3.00 bits per heavy atom. The van der Waals surface area contributed by atoms with Crippen LogP contribution in [-0.2, 0) is 0 Å². The smallest absolute Gasteiger partial charge is 0.183 e. The van der Waals surface area contributed by atoms with Crippen LogP contribution in [0.25, 0.3) is 0 Å². The van der Waals surface area contributed by atoms with E-state index in [0.29, 0.717) is 6.42 Å². The third-order valence-electron chi connectivity index (χ3n) is 1.87. The lowest BCUT2D eigenvalue weighted by molar-refractivity contribution is 0.0608. The van der Waals surface area contributed by atoms with Gasteiger partial charge in [0, 0.05) is 11.8 Å². The van der Waals surface area contributed by atoms with E-state index in [-0.39, 0.29) is 11.8 Å². The van der Waals surface area contributed by atoms with E-state index in [9.17, 15) is 5.11 Å². The number of thioether (sulfide) groups is 1. The second kappa shape index (κ2) is 4.77. The van der Waals surface area contributed by atoms with Gasteiger partial charge in [-0.25, -0.2) is 4.98 Å². The molecule has 1 rings (SSSR count). The molecule has 0 bridgehead atoms. The molecule has 0 aliphatic carbocycles. The molecule has 2 unspecified atom stereocenters. The van der Waals surface area contributed by atoms with E-state index in [4.69, 9.17) is 5.73 Å². The lowest BCUT2D eigenvalue weighted by Gasteiger charge is -2.23. The van der Waals surface area contributed by atoms with Crippen LogP contribution >= 0.6 is 11.8 Å². The first-order valence-corrected chi connectivity index (χ1v) is 5.36. The van der Waals surface area contributed by atoms with Crippen molar-refractivity contribution in [3.05, 3.63) is 6.33 Å². The molecule has 0 aliphatic rings. The Hall–Kier alpha value is -0.590. The normalized spacial score (nSPS) is 17.7. The monoisotopic (exact) mass is 216 g/mol. The number of nitrogens with two attached hydrogens (primary N) is 1. The van der Waals surface area contributed by atoms with Gasteiger partial charge < -0.3 is 10.8 Å². The van der Waals surface area contributed by atoms with Crippen LogP contribution in [0.3, 0.4) is 0 Å². The predicted octanol–water partition coefficient (Wildman–Crippen LogP) is 0.385. The first kappa shape index (κ1) is 11.5. The van der Waals surface area contributed by atoms with Crippen LogP contribution < -0.4 is 5.73 Å². The van der Waals surface area contributed by atoms with Crippen LogP contribution in [0.5, 0.6) is 0 Å². The minimum Gasteiger partial charge on any atom is -0.389 e. The van der Waals surface area contributed by atoms with Crippen molar-refractivity contribution < 1.29 is 5.11 Å². The summed E-state index contributed by atoms with van der Waals surface area (Å²) >= 11 is 1.55. The zero-order chi connectivity index (χ0) is 10.6. The minimum absolute atomic E-state index is 0.251. The highest BCUT2D eigenvalue weighted by Crippen LogP contribution is 2.25. The van der Waals surface area contributed by atoms with Gasteiger partial charge in [0.05, 0.1) is 5.60 Å². The fraction of sp³-hybridized carbons (Fsp3) is 0.750. The summed E-state index contributed by atoms with van der Waals surface area (Å²) in [4.78, 5) is 4.00. The fourth-order valence-electron chi connectivity index (χ4n) is 1.19. The summed E-state index contributed by atoms with van der Waals surface area (Å²) in [6, 6.07) is 0. The average Bonchev–Trinajstić information content (AvgIpc) is 2.55. The molecule has 0 saturated carbocycles. The molecule has 5 nitrogen and oxygen atoms in total. The average molecular weight is 216 g/mol. The maximum atomic E-state index is 9.74.